The Morgan fingerprint density at radius 2 is 0.833 bits per heavy atom. The number of hydrogen-bond acceptors (Lipinski definition) is 0. The van der Waals surface area contributed by atoms with E-state index in [1.54, 1.807) is 0 Å². The summed E-state index contributed by atoms with van der Waals surface area (Å²) in [5.74, 6) is 0. The van der Waals surface area contributed by atoms with Crippen LogP contribution in [-0.4, -0.2) is 22.3 Å². The van der Waals surface area contributed by atoms with Crippen molar-refractivity contribution in [1.29, 1.82) is 0 Å². The zero-order chi connectivity index (χ0) is 12.2. The molecule has 0 spiro atoms. The Morgan fingerprint density at radius 3 is 1.00 bits per heavy atom. The monoisotopic (exact) mass is 395 g/mol. The fraction of sp³-hybridized carbons (Fsp3) is 0.625. The Labute approximate surface area is 141 Å². The number of benzene rings is 1. The van der Waals surface area contributed by atoms with Gasteiger partial charge in [-0.3, -0.25) is 0 Å². The maximum atomic E-state index is 2.09. The second kappa shape index (κ2) is 14.1. The molecule has 0 atom stereocenters. The molecule has 0 N–H and O–H groups in total. The summed E-state index contributed by atoms with van der Waals surface area (Å²) in [6.45, 7) is 0. The summed E-state index contributed by atoms with van der Waals surface area (Å²) in [4.78, 5) is 0. The molecule has 1 aromatic rings. The zero-order valence-electron chi connectivity index (χ0n) is 11.4. The van der Waals surface area contributed by atoms with Crippen molar-refractivity contribution < 1.29 is 21.7 Å². The summed E-state index contributed by atoms with van der Waals surface area (Å²) >= 11 is 2.02. The second-order valence-corrected chi connectivity index (χ2v) is 6.19. The van der Waals surface area contributed by atoms with Crippen LogP contribution in [0.25, 0.3) is 0 Å². The van der Waals surface area contributed by atoms with E-state index < -0.39 is 0 Å². The molecule has 1 aromatic carbocycles. The van der Waals surface area contributed by atoms with Gasteiger partial charge < -0.3 is 0 Å². The Morgan fingerprint density at radius 1 is 0.556 bits per heavy atom. The molecule has 2 heteroatoms. The van der Waals surface area contributed by atoms with Crippen LogP contribution in [0.4, 0.5) is 0 Å². The molecule has 18 heavy (non-hydrogen) atoms. The van der Waals surface area contributed by atoms with E-state index in [9.17, 15) is 0 Å². The van der Waals surface area contributed by atoms with Crippen LogP contribution in [0, 0.1) is 0 Å². The quantitative estimate of drug-likeness (QED) is 0.575. The fourth-order valence-corrected chi connectivity index (χ4v) is 2.64. The first-order chi connectivity index (χ1) is 8.39. The van der Waals surface area contributed by atoms with Crippen molar-refractivity contribution in [3.05, 3.63) is 30.3 Å². The predicted octanol–water partition coefficient (Wildman–Crippen LogP) is 4.38. The van der Waals surface area contributed by atoms with Gasteiger partial charge in [0.05, 0.1) is 0 Å². The first kappa shape index (κ1) is 18.7. The van der Waals surface area contributed by atoms with Crippen LogP contribution in [0.1, 0.15) is 64.2 Å². The normalized spacial score (nSPS) is 16.7. The van der Waals surface area contributed by atoms with E-state index >= 15 is 0 Å². The van der Waals surface area contributed by atoms with E-state index in [2.05, 4.69) is 12.1 Å². The maximum absolute atomic E-state index is 2.09. The van der Waals surface area contributed by atoms with Crippen LogP contribution in [0.3, 0.4) is 0 Å². The molecule has 0 aromatic heterocycles. The number of hydrogen-bond donors (Lipinski definition) is 0. The molecule has 0 amide bonds. The molecular weight excluding hydrogens is 368 g/mol. The van der Waals surface area contributed by atoms with Gasteiger partial charge in [-0.25, -0.2) is 0 Å². The third-order valence-electron chi connectivity index (χ3n) is 3.24. The molecule has 2 saturated carbocycles. The molecule has 2 fully saturated rings. The van der Waals surface area contributed by atoms with Crippen LogP contribution < -0.4 is 3.61 Å². The SMILES string of the molecule is C1CCCC1.C1CCCC1.[Te]c1ccccc1.[Ti+2]. The standard InChI is InChI=1S/C6H5Te.2C5H10.Ti/c7-6-4-2-1-3-5-6;2*1-2-4-5-3-1;/h1-5H;2*1-5H2;/q;;;+2. The minimum atomic E-state index is 0. The molecule has 0 heterocycles. The molecule has 97 valence electrons. The Balaban J connectivity index is 0.000000239. The van der Waals surface area contributed by atoms with E-state index in [0.717, 1.165) is 0 Å². The summed E-state index contributed by atoms with van der Waals surface area (Å²) in [7, 11) is 0. The third kappa shape index (κ3) is 11.8. The van der Waals surface area contributed by atoms with Gasteiger partial charge in [0.25, 0.3) is 0 Å². The molecule has 0 aliphatic heterocycles. The van der Waals surface area contributed by atoms with Crippen molar-refractivity contribution >= 4 is 25.9 Å². The van der Waals surface area contributed by atoms with Gasteiger partial charge in [-0.15, -0.1) is 0 Å². The zero-order valence-corrected chi connectivity index (χ0v) is 15.3. The van der Waals surface area contributed by atoms with E-state index in [1.807, 2.05) is 40.5 Å². The average molecular weight is 393 g/mol. The maximum Gasteiger partial charge on any atom is 2.00 e. The van der Waals surface area contributed by atoms with Crippen LogP contribution in [-0.2, 0) is 21.7 Å². The molecular formula is C16H25TeTi+2. The average Bonchev–Trinajstić information content (AvgIpc) is 3.09. The van der Waals surface area contributed by atoms with Gasteiger partial charge >= 0.3 is 78.0 Å². The van der Waals surface area contributed by atoms with Crippen molar-refractivity contribution in [3.8, 4) is 0 Å². The van der Waals surface area contributed by atoms with Crippen molar-refractivity contribution in [3.63, 3.8) is 0 Å². The van der Waals surface area contributed by atoms with Crippen LogP contribution in [0.5, 0.6) is 0 Å². The minimum Gasteiger partial charge on any atom is 2.00 e. The van der Waals surface area contributed by atoms with E-state index in [-0.39, 0.29) is 21.7 Å². The van der Waals surface area contributed by atoms with Gasteiger partial charge in [-0.05, 0) is 0 Å². The summed E-state index contributed by atoms with van der Waals surface area (Å²) in [6, 6.07) is 10.3. The first-order valence-corrected chi connectivity index (χ1v) is 8.28. The topological polar surface area (TPSA) is 0 Å². The second-order valence-electron chi connectivity index (χ2n) is 4.85. The molecule has 2 aliphatic rings. The smallest absolute Gasteiger partial charge is 2.00 e. The molecule has 2 aliphatic carbocycles. The van der Waals surface area contributed by atoms with Crippen molar-refractivity contribution in [2.45, 2.75) is 64.2 Å². The molecule has 3 rings (SSSR count). The molecule has 1 radical (unpaired) electrons. The van der Waals surface area contributed by atoms with Crippen LogP contribution in [0.2, 0.25) is 0 Å². The van der Waals surface area contributed by atoms with Crippen molar-refractivity contribution in [1.82, 2.24) is 0 Å². The first-order valence-electron chi connectivity index (χ1n) is 7.11. The summed E-state index contributed by atoms with van der Waals surface area (Å²) < 4.78 is 1.33. The van der Waals surface area contributed by atoms with Crippen molar-refractivity contribution in [2.75, 3.05) is 0 Å². The summed E-state index contributed by atoms with van der Waals surface area (Å²) in [5.41, 5.74) is 0. The van der Waals surface area contributed by atoms with Crippen molar-refractivity contribution in [2.24, 2.45) is 0 Å². The Bertz CT molecular complexity index is 228. The largest absolute Gasteiger partial charge is 2.00 e. The molecule has 0 saturated heterocycles. The molecule has 0 unspecified atom stereocenters. The minimum absolute atomic E-state index is 0. The fourth-order valence-electron chi connectivity index (χ4n) is 2.19. The van der Waals surface area contributed by atoms with E-state index in [4.69, 9.17) is 0 Å². The number of rotatable bonds is 0. The van der Waals surface area contributed by atoms with Gasteiger partial charge in [-0.1, -0.05) is 64.2 Å². The molecule has 0 nitrogen and oxygen atoms in total. The van der Waals surface area contributed by atoms with E-state index in [0.29, 0.717) is 0 Å². The van der Waals surface area contributed by atoms with Crippen LogP contribution in [0.15, 0.2) is 30.3 Å². The third-order valence-corrected chi connectivity index (χ3v) is 4.02. The Kier molecular flexibility index (Phi) is 14.7. The van der Waals surface area contributed by atoms with Gasteiger partial charge in [0.2, 0.25) is 0 Å². The van der Waals surface area contributed by atoms with E-state index in [1.165, 1.54) is 67.8 Å². The van der Waals surface area contributed by atoms with Gasteiger partial charge in [-0.2, -0.15) is 0 Å². The predicted molar refractivity (Wildman–Crippen MR) is 78.0 cm³/mol. The molecule has 0 bridgehead atoms. The summed E-state index contributed by atoms with van der Waals surface area (Å²) in [6.07, 6.45) is 15.0. The van der Waals surface area contributed by atoms with Gasteiger partial charge in [0, 0.05) is 0 Å². The van der Waals surface area contributed by atoms with Crippen LogP contribution >= 0.6 is 0 Å². The van der Waals surface area contributed by atoms with Gasteiger partial charge in [0.1, 0.15) is 0 Å². The van der Waals surface area contributed by atoms with Gasteiger partial charge in [0.15, 0.2) is 0 Å². The summed E-state index contributed by atoms with van der Waals surface area (Å²) in [5, 5.41) is 0. The Hall–Kier alpha value is 0.724.